The van der Waals surface area contributed by atoms with Crippen LogP contribution in [0.15, 0.2) is 77.7 Å². The highest BCUT2D eigenvalue weighted by Gasteiger charge is 2.34. The number of hydrogen-bond donors (Lipinski definition) is 0. The van der Waals surface area contributed by atoms with Crippen molar-refractivity contribution in [2.75, 3.05) is 31.6 Å². The average Bonchev–Trinajstić information content (AvgIpc) is 2.90. The monoisotopic (exact) mass is 494 g/mol. The highest BCUT2D eigenvalue weighted by molar-refractivity contribution is 7.92. The van der Waals surface area contributed by atoms with Gasteiger partial charge in [-0.3, -0.25) is 9.21 Å². The number of likely N-dealkylation sites (tertiary alicyclic amines) is 1. The number of benzene rings is 3. The molecule has 7 heteroatoms. The lowest BCUT2D eigenvalue weighted by atomic mass is 10.0. The van der Waals surface area contributed by atoms with Gasteiger partial charge in [0.25, 0.3) is 10.0 Å². The lowest BCUT2D eigenvalue weighted by molar-refractivity contribution is 0.206. The van der Waals surface area contributed by atoms with Crippen molar-refractivity contribution in [3.05, 3.63) is 83.9 Å². The second-order valence-corrected chi connectivity index (χ2v) is 10.7. The van der Waals surface area contributed by atoms with Gasteiger partial charge in [0.1, 0.15) is 11.5 Å². The largest absolute Gasteiger partial charge is 0.497 e. The molecule has 0 unspecified atom stereocenters. The zero-order chi connectivity index (χ0) is 24.8. The number of anilines is 1. The topological polar surface area (TPSA) is 59.1 Å². The molecule has 0 N–H and O–H groups in total. The molecule has 1 heterocycles. The smallest absolute Gasteiger partial charge is 0.264 e. The normalized spacial score (nSPS) is 15.1. The van der Waals surface area contributed by atoms with Gasteiger partial charge in [-0.2, -0.15) is 0 Å². The molecule has 4 rings (SSSR count). The first-order valence-corrected chi connectivity index (χ1v) is 13.5. The van der Waals surface area contributed by atoms with E-state index >= 15 is 0 Å². The average molecular weight is 495 g/mol. The Labute approximate surface area is 209 Å². The van der Waals surface area contributed by atoms with Gasteiger partial charge in [-0.25, -0.2) is 8.42 Å². The molecule has 6 nitrogen and oxygen atoms in total. The predicted molar refractivity (Wildman–Crippen MR) is 140 cm³/mol. The lowest BCUT2D eigenvalue weighted by Crippen LogP contribution is -2.47. The minimum Gasteiger partial charge on any atom is -0.497 e. The Hall–Kier alpha value is -3.03. The molecule has 0 atom stereocenters. The Kier molecular flexibility index (Phi) is 7.98. The fraction of sp³-hybridized carbons (Fsp3) is 0.357. The zero-order valence-electron chi connectivity index (χ0n) is 20.7. The molecule has 0 spiro atoms. The van der Waals surface area contributed by atoms with E-state index in [1.165, 1.54) is 5.56 Å². The molecule has 0 amide bonds. The van der Waals surface area contributed by atoms with Crippen molar-refractivity contribution in [2.24, 2.45) is 0 Å². The van der Waals surface area contributed by atoms with Crippen molar-refractivity contribution in [3.8, 4) is 11.5 Å². The van der Waals surface area contributed by atoms with Crippen molar-refractivity contribution in [1.29, 1.82) is 0 Å². The second kappa shape index (κ2) is 11.1. The maximum Gasteiger partial charge on any atom is 0.264 e. The van der Waals surface area contributed by atoms with Crippen LogP contribution in [0.5, 0.6) is 11.5 Å². The Balaban J connectivity index is 1.55. The molecule has 3 aromatic rings. The summed E-state index contributed by atoms with van der Waals surface area (Å²) < 4.78 is 40.0. The van der Waals surface area contributed by atoms with Crippen LogP contribution in [0, 0.1) is 0 Å². The molecular weight excluding hydrogens is 460 g/mol. The van der Waals surface area contributed by atoms with E-state index in [4.69, 9.17) is 9.47 Å². The summed E-state index contributed by atoms with van der Waals surface area (Å²) in [5.41, 5.74) is 3.03. The Morgan fingerprint density at radius 2 is 1.46 bits per heavy atom. The van der Waals surface area contributed by atoms with Crippen LogP contribution in [0.3, 0.4) is 0 Å². The molecule has 186 valence electrons. The minimum absolute atomic E-state index is 0.108. The van der Waals surface area contributed by atoms with Crippen LogP contribution in [0.1, 0.15) is 30.9 Å². The van der Waals surface area contributed by atoms with Gasteiger partial charge in [-0.15, -0.1) is 0 Å². The molecule has 0 radical (unpaired) electrons. The lowest BCUT2D eigenvalue weighted by Gasteiger charge is -2.39. The molecule has 3 aromatic carbocycles. The molecule has 1 aliphatic rings. The van der Waals surface area contributed by atoms with E-state index in [1.54, 1.807) is 42.8 Å². The van der Waals surface area contributed by atoms with Crippen LogP contribution in [-0.4, -0.2) is 46.7 Å². The van der Waals surface area contributed by atoms with E-state index in [9.17, 15) is 8.42 Å². The first kappa shape index (κ1) is 25.1. The summed E-state index contributed by atoms with van der Waals surface area (Å²) in [6, 6.07) is 22.5. The number of piperidine rings is 1. The summed E-state index contributed by atoms with van der Waals surface area (Å²) in [5.74, 6) is 1.54. The summed E-state index contributed by atoms with van der Waals surface area (Å²) in [6.07, 6.45) is 2.42. The van der Waals surface area contributed by atoms with Crippen molar-refractivity contribution in [3.63, 3.8) is 0 Å². The molecule has 1 saturated heterocycles. The maximum atomic E-state index is 13.8. The number of methoxy groups -OCH3 is 2. The Bertz CT molecular complexity index is 1180. The van der Waals surface area contributed by atoms with Gasteiger partial charge in [0.2, 0.25) is 0 Å². The van der Waals surface area contributed by atoms with Crippen LogP contribution in [0.4, 0.5) is 5.69 Å². The summed E-state index contributed by atoms with van der Waals surface area (Å²) in [5, 5.41) is 0. The summed E-state index contributed by atoms with van der Waals surface area (Å²) in [4.78, 5) is 2.68. The van der Waals surface area contributed by atoms with E-state index in [2.05, 4.69) is 11.8 Å². The molecule has 0 aliphatic carbocycles. The SMILES string of the molecule is CCc1ccc(N(C2CCN(Cc3cc(OC)cc(OC)c3)CC2)S(=O)(=O)c2ccccc2)cc1. The molecule has 1 fully saturated rings. The van der Waals surface area contributed by atoms with Gasteiger partial charge < -0.3 is 9.47 Å². The molecule has 0 bridgehead atoms. The molecular formula is C28H34N2O4S. The van der Waals surface area contributed by atoms with Gasteiger partial charge in [0.15, 0.2) is 0 Å². The summed E-state index contributed by atoms with van der Waals surface area (Å²) in [7, 11) is -0.383. The quantitative estimate of drug-likeness (QED) is 0.413. The van der Waals surface area contributed by atoms with E-state index in [1.807, 2.05) is 48.5 Å². The van der Waals surface area contributed by atoms with Gasteiger partial charge in [-0.05, 0) is 66.8 Å². The second-order valence-electron chi connectivity index (χ2n) is 8.86. The third kappa shape index (κ3) is 5.80. The van der Waals surface area contributed by atoms with Crippen molar-refractivity contribution >= 4 is 15.7 Å². The number of aryl methyl sites for hydroxylation is 1. The minimum atomic E-state index is -3.69. The van der Waals surface area contributed by atoms with Gasteiger partial charge in [0.05, 0.1) is 24.8 Å². The Morgan fingerprint density at radius 1 is 0.857 bits per heavy atom. The first-order chi connectivity index (χ1) is 16.9. The predicted octanol–water partition coefficient (Wildman–Crippen LogP) is 5.13. The highest BCUT2D eigenvalue weighted by Crippen LogP contribution is 2.32. The van der Waals surface area contributed by atoms with Crippen LogP contribution in [0.25, 0.3) is 0 Å². The zero-order valence-corrected chi connectivity index (χ0v) is 21.5. The first-order valence-electron chi connectivity index (χ1n) is 12.1. The number of hydrogen-bond acceptors (Lipinski definition) is 5. The fourth-order valence-electron chi connectivity index (χ4n) is 4.66. The van der Waals surface area contributed by atoms with Gasteiger partial charge in [0, 0.05) is 31.7 Å². The molecule has 0 aromatic heterocycles. The number of nitrogens with zero attached hydrogens (tertiary/aromatic N) is 2. The van der Waals surface area contributed by atoms with E-state index in [0.29, 0.717) is 4.90 Å². The van der Waals surface area contributed by atoms with E-state index < -0.39 is 10.0 Å². The van der Waals surface area contributed by atoms with E-state index in [-0.39, 0.29) is 6.04 Å². The molecule has 35 heavy (non-hydrogen) atoms. The third-order valence-electron chi connectivity index (χ3n) is 6.61. The molecule has 0 saturated carbocycles. The third-order valence-corrected chi connectivity index (χ3v) is 8.50. The van der Waals surface area contributed by atoms with Crippen molar-refractivity contribution in [1.82, 2.24) is 4.90 Å². The fourth-order valence-corrected chi connectivity index (χ4v) is 6.39. The van der Waals surface area contributed by atoms with Crippen LogP contribution in [0.2, 0.25) is 0 Å². The van der Waals surface area contributed by atoms with E-state index in [0.717, 1.165) is 61.6 Å². The maximum absolute atomic E-state index is 13.8. The van der Waals surface area contributed by atoms with Crippen LogP contribution >= 0.6 is 0 Å². The Morgan fingerprint density at radius 3 is 2.00 bits per heavy atom. The number of sulfonamides is 1. The number of ether oxygens (including phenoxy) is 2. The summed E-state index contributed by atoms with van der Waals surface area (Å²) >= 11 is 0. The van der Waals surface area contributed by atoms with Crippen LogP contribution in [-0.2, 0) is 23.0 Å². The van der Waals surface area contributed by atoms with Gasteiger partial charge >= 0.3 is 0 Å². The highest BCUT2D eigenvalue weighted by atomic mass is 32.2. The van der Waals surface area contributed by atoms with Crippen LogP contribution < -0.4 is 13.8 Å². The number of rotatable bonds is 9. The van der Waals surface area contributed by atoms with Crippen molar-refractivity contribution in [2.45, 2.75) is 43.7 Å². The standard InChI is InChI=1S/C28H34N2O4S/c1-4-22-10-12-24(13-11-22)30(35(31,32)28-8-6-5-7-9-28)25-14-16-29(17-15-25)21-23-18-26(33-2)20-27(19-23)34-3/h5-13,18-20,25H,4,14-17,21H2,1-3H3. The summed E-state index contributed by atoms with van der Waals surface area (Å²) in [6.45, 7) is 4.47. The van der Waals surface area contributed by atoms with Gasteiger partial charge in [-0.1, -0.05) is 37.3 Å². The molecule has 1 aliphatic heterocycles. The van der Waals surface area contributed by atoms with Crippen molar-refractivity contribution < 1.29 is 17.9 Å².